The molecular formula is C30H30ClNO6. The van der Waals surface area contributed by atoms with E-state index in [0.717, 1.165) is 5.56 Å². The molecule has 0 radical (unpaired) electrons. The summed E-state index contributed by atoms with van der Waals surface area (Å²) in [5, 5.41) is 11.8. The summed E-state index contributed by atoms with van der Waals surface area (Å²) in [6.45, 7) is 7.96. The van der Waals surface area contributed by atoms with Crippen LogP contribution in [0.1, 0.15) is 43.5 Å². The van der Waals surface area contributed by atoms with Gasteiger partial charge in [-0.2, -0.15) is 0 Å². The van der Waals surface area contributed by atoms with Crippen LogP contribution in [0.15, 0.2) is 66.2 Å². The molecule has 1 N–H and O–H groups in total. The number of ketones is 1. The fraction of sp³-hybridized carbons (Fsp3) is 0.267. The zero-order valence-corrected chi connectivity index (χ0v) is 22.7. The molecule has 3 aromatic carbocycles. The molecule has 1 fully saturated rings. The Labute approximate surface area is 227 Å². The first-order chi connectivity index (χ1) is 18.2. The van der Waals surface area contributed by atoms with E-state index in [-0.39, 0.29) is 33.8 Å². The van der Waals surface area contributed by atoms with E-state index in [9.17, 15) is 14.7 Å². The zero-order chi connectivity index (χ0) is 27.6. The molecule has 1 aliphatic heterocycles. The number of ether oxygens (including phenoxy) is 3. The van der Waals surface area contributed by atoms with Crippen LogP contribution < -0.4 is 19.1 Å². The highest BCUT2D eigenvalue weighted by Gasteiger charge is 2.47. The number of aliphatic hydroxyl groups excluding tert-OH is 1. The summed E-state index contributed by atoms with van der Waals surface area (Å²) < 4.78 is 16.9. The number of Topliss-reactive ketones (excluding diaryl/α,β-unsaturated/α-hetero) is 1. The van der Waals surface area contributed by atoms with Crippen LogP contribution in [0.3, 0.4) is 0 Å². The molecule has 1 unspecified atom stereocenters. The van der Waals surface area contributed by atoms with E-state index in [0.29, 0.717) is 29.4 Å². The van der Waals surface area contributed by atoms with E-state index in [1.165, 1.54) is 12.0 Å². The summed E-state index contributed by atoms with van der Waals surface area (Å²) in [6.07, 6.45) is -0.0219. The molecule has 0 aromatic heterocycles. The SMILES string of the molecule is CCOc1cccc(N2C(=O)C(=O)/C(=C(/O)c3cc(C)cc(Cl)c3OC)C2c2ccc(OC(C)C)cc2)c1. The summed E-state index contributed by atoms with van der Waals surface area (Å²) in [4.78, 5) is 28.4. The van der Waals surface area contributed by atoms with E-state index in [4.69, 9.17) is 25.8 Å². The number of aliphatic hydroxyl groups is 1. The fourth-order valence-electron chi connectivity index (χ4n) is 4.56. The molecule has 38 heavy (non-hydrogen) atoms. The topological polar surface area (TPSA) is 85.3 Å². The summed E-state index contributed by atoms with van der Waals surface area (Å²) in [7, 11) is 1.43. The maximum Gasteiger partial charge on any atom is 0.300 e. The van der Waals surface area contributed by atoms with Gasteiger partial charge in [0.25, 0.3) is 11.7 Å². The van der Waals surface area contributed by atoms with Crippen LogP contribution in [0.5, 0.6) is 17.2 Å². The molecule has 4 rings (SSSR count). The lowest BCUT2D eigenvalue weighted by Crippen LogP contribution is -2.29. The molecule has 1 heterocycles. The van der Waals surface area contributed by atoms with Crippen LogP contribution in [-0.4, -0.2) is 36.6 Å². The van der Waals surface area contributed by atoms with E-state index in [1.54, 1.807) is 60.7 Å². The van der Waals surface area contributed by atoms with Crippen molar-refractivity contribution in [1.29, 1.82) is 0 Å². The number of carbonyl (C=O) groups excluding carboxylic acids is 2. The van der Waals surface area contributed by atoms with Crippen LogP contribution >= 0.6 is 11.6 Å². The minimum absolute atomic E-state index is 0.0219. The molecule has 0 spiro atoms. The third-order valence-corrected chi connectivity index (χ3v) is 6.35. The molecule has 1 atom stereocenters. The van der Waals surface area contributed by atoms with Crippen molar-refractivity contribution >= 4 is 34.7 Å². The van der Waals surface area contributed by atoms with Gasteiger partial charge >= 0.3 is 0 Å². The average molecular weight is 536 g/mol. The number of hydrogen-bond donors (Lipinski definition) is 1. The Hall–Kier alpha value is -3.97. The average Bonchev–Trinajstić information content (AvgIpc) is 3.14. The van der Waals surface area contributed by atoms with Gasteiger partial charge in [0.15, 0.2) is 0 Å². The van der Waals surface area contributed by atoms with Crippen molar-refractivity contribution in [1.82, 2.24) is 0 Å². The Morgan fingerprint density at radius 3 is 2.39 bits per heavy atom. The molecule has 0 saturated carbocycles. The lowest BCUT2D eigenvalue weighted by atomic mass is 9.94. The molecule has 198 valence electrons. The summed E-state index contributed by atoms with van der Waals surface area (Å²) >= 11 is 6.39. The van der Waals surface area contributed by atoms with Crippen LogP contribution in [0.4, 0.5) is 5.69 Å². The van der Waals surface area contributed by atoms with Gasteiger partial charge in [-0.1, -0.05) is 29.8 Å². The number of rotatable bonds is 8. The Kier molecular flexibility index (Phi) is 7.97. The second-order valence-corrected chi connectivity index (χ2v) is 9.57. The molecule has 7 nitrogen and oxygen atoms in total. The normalized spacial score (nSPS) is 16.7. The smallest absolute Gasteiger partial charge is 0.300 e. The van der Waals surface area contributed by atoms with Gasteiger partial charge in [0, 0.05) is 11.8 Å². The van der Waals surface area contributed by atoms with Crippen molar-refractivity contribution in [2.24, 2.45) is 0 Å². The van der Waals surface area contributed by atoms with Crippen LogP contribution in [0, 0.1) is 6.92 Å². The predicted octanol–water partition coefficient (Wildman–Crippen LogP) is 6.47. The lowest BCUT2D eigenvalue weighted by molar-refractivity contribution is -0.132. The Morgan fingerprint density at radius 1 is 1.05 bits per heavy atom. The number of anilines is 1. The van der Waals surface area contributed by atoms with Gasteiger partial charge in [0.05, 0.1) is 42.0 Å². The second-order valence-electron chi connectivity index (χ2n) is 9.16. The first kappa shape index (κ1) is 27.1. The molecule has 3 aromatic rings. The third-order valence-electron chi connectivity index (χ3n) is 6.07. The van der Waals surface area contributed by atoms with Gasteiger partial charge < -0.3 is 19.3 Å². The zero-order valence-electron chi connectivity index (χ0n) is 21.9. The highest BCUT2D eigenvalue weighted by Crippen LogP contribution is 2.45. The molecular weight excluding hydrogens is 506 g/mol. The molecule has 1 aliphatic rings. The van der Waals surface area contributed by atoms with Gasteiger partial charge in [-0.25, -0.2) is 0 Å². The van der Waals surface area contributed by atoms with Crippen molar-refractivity contribution < 1.29 is 28.9 Å². The number of aryl methyl sites for hydroxylation is 1. The minimum Gasteiger partial charge on any atom is -0.507 e. The number of carbonyl (C=O) groups is 2. The van der Waals surface area contributed by atoms with E-state index < -0.39 is 17.7 Å². The number of nitrogens with zero attached hydrogens (tertiary/aromatic N) is 1. The fourth-order valence-corrected chi connectivity index (χ4v) is 4.91. The van der Waals surface area contributed by atoms with Crippen LogP contribution in [-0.2, 0) is 9.59 Å². The predicted molar refractivity (Wildman–Crippen MR) is 147 cm³/mol. The van der Waals surface area contributed by atoms with Gasteiger partial charge in [-0.15, -0.1) is 0 Å². The van der Waals surface area contributed by atoms with Gasteiger partial charge in [-0.3, -0.25) is 14.5 Å². The third kappa shape index (κ3) is 5.20. The summed E-state index contributed by atoms with van der Waals surface area (Å²) in [6, 6.07) is 16.5. The number of methoxy groups -OCH3 is 1. The quantitative estimate of drug-likeness (QED) is 0.202. The minimum atomic E-state index is -0.927. The van der Waals surface area contributed by atoms with Crippen molar-refractivity contribution in [2.45, 2.75) is 39.8 Å². The maximum atomic E-state index is 13.5. The standard InChI is InChI=1S/C30H30ClNO6/c1-6-37-22-9-7-8-20(16-22)32-26(19-10-12-21(13-11-19)38-17(2)3)25(28(34)30(32)35)27(33)23-14-18(4)15-24(31)29(23)36-5/h7-17,26,33H,6H2,1-5H3/b27-25+. The highest BCUT2D eigenvalue weighted by molar-refractivity contribution is 6.51. The van der Waals surface area contributed by atoms with Gasteiger partial charge in [-0.05, 0) is 75.2 Å². The number of benzene rings is 3. The Bertz CT molecular complexity index is 1400. The van der Waals surface area contributed by atoms with Crippen molar-refractivity contribution in [3.63, 3.8) is 0 Å². The van der Waals surface area contributed by atoms with E-state index in [2.05, 4.69) is 0 Å². The largest absolute Gasteiger partial charge is 0.507 e. The highest BCUT2D eigenvalue weighted by atomic mass is 35.5. The number of halogens is 1. The molecule has 1 saturated heterocycles. The van der Waals surface area contributed by atoms with Crippen molar-refractivity contribution in [3.05, 3.63) is 87.9 Å². The summed E-state index contributed by atoms with van der Waals surface area (Å²) in [5.41, 5.74) is 1.97. The number of hydrogen-bond acceptors (Lipinski definition) is 6. The molecule has 1 amide bonds. The molecule has 0 aliphatic carbocycles. The van der Waals surface area contributed by atoms with Crippen LogP contribution in [0.25, 0.3) is 5.76 Å². The lowest BCUT2D eigenvalue weighted by Gasteiger charge is -2.26. The second kappa shape index (κ2) is 11.2. The van der Waals surface area contributed by atoms with Crippen molar-refractivity contribution in [2.75, 3.05) is 18.6 Å². The monoisotopic (exact) mass is 535 g/mol. The number of amides is 1. The van der Waals surface area contributed by atoms with E-state index in [1.807, 2.05) is 27.7 Å². The van der Waals surface area contributed by atoms with Gasteiger partial charge in [0.1, 0.15) is 23.0 Å². The Balaban J connectivity index is 1.95. The van der Waals surface area contributed by atoms with Crippen LogP contribution in [0.2, 0.25) is 5.02 Å². The summed E-state index contributed by atoms with van der Waals surface area (Å²) in [5.74, 6) is -0.563. The molecule has 0 bridgehead atoms. The first-order valence-corrected chi connectivity index (χ1v) is 12.7. The van der Waals surface area contributed by atoms with Gasteiger partial charge in [0.2, 0.25) is 0 Å². The van der Waals surface area contributed by atoms with Crippen molar-refractivity contribution in [3.8, 4) is 17.2 Å². The maximum absolute atomic E-state index is 13.5. The van der Waals surface area contributed by atoms with E-state index >= 15 is 0 Å². The first-order valence-electron chi connectivity index (χ1n) is 12.3. The molecule has 8 heteroatoms. The Morgan fingerprint density at radius 2 is 1.76 bits per heavy atom.